The molecule has 3 rings (SSSR count). The van der Waals surface area contributed by atoms with Crippen LogP contribution in [-0.2, 0) is 11.2 Å². The van der Waals surface area contributed by atoms with Gasteiger partial charge >= 0.3 is 0 Å². The molecule has 1 atom stereocenters. The molecule has 1 aromatic carbocycles. The molecule has 1 unspecified atom stereocenters. The van der Waals surface area contributed by atoms with Gasteiger partial charge in [-0.15, -0.1) is 11.3 Å². The minimum absolute atomic E-state index is 0.0450. The normalized spacial score (nSPS) is 16.7. The van der Waals surface area contributed by atoms with Gasteiger partial charge in [0.1, 0.15) is 5.69 Å². The van der Waals surface area contributed by atoms with Crippen molar-refractivity contribution < 1.29 is 9.59 Å². The summed E-state index contributed by atoms with van der Waals surface area (Å²) in [7, 11) is 0. The summed E-state index contributed by atoms with van der Waals surface area (Å²) < 4.78 is 0. The predicted molar refractivity (Wildman–Crippen MR) is 98.9 cm³/mol. The first-order valence-corrected chi connectivity index (χ1v) is 9.29. The Balaban J connectivity index is 1.49. The van der Waals surface area contributed by atoms with E-state index in [1.54, 1.807) is 10.3 Å². The summed E-state index contributed by atoms with van der Waals surface area (Å²) in [6, 6.07) is 10.3. The molecule has 2 amide bonds. The van der Waals surface area contributed by atoms with Gasteiger partial charge in [-0.25, -0.2) is 4.98 Å². The first-order valence-electron chi connectivity index (χ1n) is 8.41. The molecular weight excluding hydrogens is 336 g/mol. The SMILES string of the molecule is CC(=O)NC1CCN(C(=O)c2csc(NCCc3ccccc3)n2)C1. The molecule has 1 saturated heterocycles. The number of aromatic nitrogens is 1. The second-order valence-corrected chi connectivity index (χ2v) is 7.00. The number of nitrogens with one attached hydrogen (secondary N) is 2. The highest BCUT2D eigenvalue weighted by molar-refractivity contribution is 7.13. The van der Waals surface area contributed by atoms with Crippen LogP contribution in [0, 0.1) is 0 Å². The molecule has 25 heavy (non-hydrogen) atoms. The lowest BCUT2D eigenvalue weighted by molar-refractivity contribution is -0.119. The number of amides is 2. The fourth-order valence-electron chi connectivity index (χ4n) is 2.92. The Bertz CT molecular complexity index is 732. The summed E-state index contributed by atoms with van der Waals surface area (Å²) in [4.78, 5) is 29.8. The molecule has 1 aliphatic heterocycles. The van der Waals surface area contributed by atoms with Crippen LogP contribution in [0.2, 0.25) is 0 Å². The van der Waals surface area contributed by atoms with Crippen LogP contribution in [0.4, 0.5) is 5.13 Å². The second-order valence-electron chi connectivity index (χ2n) is 6.14. The van der Waals surface area contributed by atoms with Crippen molar-refractivity contribution in [3.63, 3.8) is 0 Å². The molecular formula is C18H22N4O2S. The minimum Gasteiger partial charge on any atom is -0.361 e. The predicted octanol–water partition coefficient (Wildman–Crippen LogP) is 2.15. The van der Waals surface area contributed by atoms with Crippen LogP contribution in [-0.4, -0.2) is 47.4 Å². The van der Waals surface area contributed by atoms with E-state index in [0.717, 1.165) is 24.5 Å². The Hall–Kier alpha value is -2.41. The third-order valence-corrected chi connectivity index (χ3v) is 4.94. The van der Waals surface area contributed by atoms with Crippen LogP contribution < -0.4 is 10.6 Å². The maximum atomic E-state index is 12.5. The third kappa shape index (κ3) is 4.79. The summed E-state index contributed by atoms with van der Waals surface area (Å²) >= 11 is 1.44. The van der Waals surface area contributed by atoms with E-state index in [9.17, 15) is 9.59 Å². The third-order valence-electron chi connectivity index (χ3n) is 4.14. The van der Waals surface area contributed by atoms with Gasteiger partial charge in [0.25, 0.3) is 5.91 Å². The number of nitrogens with zero attached hydrogens (tertiary/aromatic N) is 2. The fourth-order valence-corrected chi connectivity index (χ4v) is 3.64. The van der Waals surface area contributed by atoms with Gasteiger partial charge in [-0.1, -0.05) is 30.3 Å². The van der Waals surface area contributed by atoms with Crippen molar-refractivity contribution in [3.8, 4) is 0 Å². The van der Waals surface area contributed by atoms with Gasteiger partial charge in [-0.3, -0.25) is 9.59 Å². The maximum Gasteiger partial charge on any atom is 0.273 e. The first kappa shape index (κ1) is 17.4. The van der Waals surface area contributed by atoms with Crippen LogP contribution in [0.25, 0.3) is 0 Å². The molecule has 2 aromatic rings. The lowest BCUT2D eigenvalue weighted by Crippen LogP contribution is -2.37. The zero-order chi connectivity index (χ0) is 17.6. The summed E-state index contributed by atoms with van der Waals surface area (Å²) in [6.45, 7) is 3.47. The molecule has 6 nitrogen and oxygen atoms in total. The monoisotopic (exact) mass is 358 g/mol. The van der Waals surface area contributed by atoms with E-state index in [0.29, 0.717) is 18.8 Å². The molecule has 1 fully saturated rings. The quantitative estimate of drug-likeness (QED) is 0.830. The Morgan fingerprint density at radius 2 is 2.12 bits per heavy atom. The molecule has 1 aromatic heterocycles. The molecule has 0 bridgehead atoms. The Morgan fingerprint density at radius 1 is 1.32 bits per heavy atom. The smallest absolute Gasteiger partial charge is 0.273 e. The van der Waals surface area contributed by atoms with Crippen LogP contribution in [0.3, 0.4) is 0 Å². The van der Waals surface area contributed by atoms with Gasteiger partial charge in [0, 0.05) is 38.0 Å². The first-order chi connectivity index (χ1) is 12.1. The minimum atomic E-state index is -0.0692. The number of rotatable bonds is 6. The van der Waals surface area contributed by atoms with Crippen molar-refractivity contribution in [2.45, 2.75) is 25.8 Å². The number of carbonyl (C=O) groups is 2. The Labute approximate surface area is 151 Å². The number of hydrogen-bond acceptors (Lipinski definition) is 5. The van der Waals surface area contributed by atoms with Crippen molar-refractivity contribution in [2.75, 3.05) is 25.0 Å². The van der Waals surface area contributed by atoms with Crippen molar-refractivity contribution in [2.24, 2.45) is 0 Å². The summed E-state index contributed by atoms with van der Waals surface area (Å²) in [5, 5.41) is 8.69. The lowest BCUT2D eigenvalue weighted by Gasteiger charge is -2.15. The topological polar surface area (TPSA) is 74.3 Å². The van der Waals surface area contributed by atoms with Crippen molar-refractivity contribution >= 4 is 28.3 Å². The average Bonchev–Trinajstić information content (AvgIpc) is 3.24. The van der Waals surface area contributed by atoms with Crippen LogP contribution >= 0.6 is 11.3 Å². The van der Waals surface area contributed by atoms with E-state index in [1.165, 1.54) is 23.8 Å². The average molecular weight is 358 g/mol. The number of thiazole rings is 1. The van der Waals surface area contributed by atoms with E-state index in [-0.39, 0.29) is 17.9 Å². The van der Waals surface area contributed by atoms with Gasteiger partial charge in [0.05, 0.1) is 0 Å². The molecule has 0 saturated carbocycles. The van der Waals surface area contributed by atoms with Crippen LogP contribution in [0.5, 0.6) is 0 Å². The molecule has 0 spiro atoms. The highest BCUT2D eigenvalue weighted by atomic mass is 32.1. The molecule has 1 aliphatic rings. The summed E-state index contributed by atoms with van der Waals surface area (Å²) in [5.41, 5.74) is 1.74. The molecule has 132 valence electrons. The van der Waals surface area contributed by atoms with Crippen molar-refractivity contribution in [1.29, 1.82) is 0 Å². The fraction of sp³-hybridized carbons (Fsp3) is 0.389. The molecule has 2 N–H and O–H groups in total. The van der Waals surface area contributed by atoms with E-state index in [4.69, 9.17) is 0 Å². The van der Waals surface area contributed by atoms with E-state index in [2.05, 4.69) is 27.8 Å². The van der Waals surface area contributed by atoms with E-state index < -0.39 is 0 Å². The maximum absolute atomic E-state index is 12.5. The zero-order valence-corrected chi connectivity index (χ0v) is 15.0. The zero-order valence-electron chi connectivity index (χ0n) is 14.2. The van der Waals surface area contributed by atoms with Gasteiger partial charge in [0.2, 0.25) is 5.91 Å². The molecule has 2 heterocycles. The number of likely N-dealkylation sites (tertiary alicyclic amines) is 1. The number of hydrogen-bond donors (Lipinski definition) is 2. The van der Waals surface area contributed by atoms with Gasteiger partial charge in [0.15, 0.2) is 5.13 Å². The number of benzene rings is 1. The summed E-state index contributed by atoms with van der Waals surface area (Å²) in [5.74, 6) is -0.127. The number of carbonyl (C=O) groups excluding carboxylic acids is 2. The van der Waals surface area contributed by atoms with Crippen LogP contribution in [0.1, 0.15) is 29.4 Å². The molecule has 0 radical (unpaired) electrons. The van der Waals surface area contributed by atoms with E-state index in [1.807, 2.05) is 18.2 Å². The Kier molecular flexibility index (Phi) is 5.65. The summed E-state index contributed by atoms with van der Waals surface area (Å²) in [6.07, 6.45) is 1.70. The lowest BCUT2D eigenvalue weighted by atomic mass is 10.2. The van der Waals surface area contributed by atoms with Gasteiger partial charge in [-0.2, -0.15) is 0 Å². The molecule has 7 heteroatoms. The standard InChI is InChI=1S/C18H22N4O2S/c1-13(23)20-15-8-10-22(11-15)17(24)16-12-25-18(21-16)19-9-7-14-5-3-2-4-6-14/h2-6,12,15H,7-11H2,1H3,(H,19,21)(H,20,23). The number of anilines is 1. The van der Waals surface area contributed by atoms with E-state index >= 15 is 0 Å². The van der Waals surface area contributed by atoms with Gasteiger partial charge in [-0.05, 0) is 18.4 Å². The van der Waals surface area contributed by atoms with Crippen molar-refractivity contribution in [1.82, 2.24) is 15.2 Å². The highest BCUT2D eigenvalue weighted by Crippen LogP contribution is 2.19. The largest absolute Gasteiger partial charge is 0.361 e. The van der Waals surface area contributed by atoms with Gasteiger partial charge < -0.3 is 15.5 Å². The highest BCUT2D eigenvalue weighted by Gasteiger charge is 2.28. The van der Waals surface area contributed by atoms with Crippen LogP contribution in [0.15, 0.2) is 35.7 Å². The molecule has 0 aliphatic carbocycles. The Morgan fingerprint density at radius 3 is 2.88 bits per heavy atom. The second kappa shape index (κ2) is 8.11. The van der Waals surface area contributed by atoms with Crippen molar-refractivity contribution in [3.05, 3.63) is 47.0 Å².